The Morgan fingerprint density at radius 2 is 0.804 bits per heavy atom. The van der Waals surface area contributed by atoms with E-state index < -0.39 is 5.41 Å². The SMILES string of the molecule is C=CCCCOc1c(Cl)cc(C(C)(C)c2ccc(OCCCCCOc3c(Cl)cc(C(C)(C)c4cc(Cl)c(OCCCC=C)c(Cl)c4)cc3Cl)c(C)c2)cc1Cl. The summed E-state index contributed by atoms with van der Waals surface area (Å²) in [5.74, 6) is 2.32. The summed E-state index contributed by atoms with van der Waals surface area (Å²) < 4.78 is 24.0. The lowest BCUT2D eigenvalue weighted by Gasteiger charge is -2.28. The molecule has 4 rings (SSSR count). The normalized spacial score (nSPS) is 11.7. The van der Waals surface area contributed by atoms with Gasteiger partial charge in [-0.25, -0.2) is 0 Å². The summed E-state index contributed by atoms with van der Waals surface area (Å²) in [5, 5.41) is 2.79. The first kappa shape index (κ1) is 46.0. The van der Waals surface area contributed by atoms with Crippen LogP contribution >= 0.6 is 69.6 Å². The first-order valence-corrected chi connectivity index (χ1v) is 21.2. The van der Waals surface area contributed by atoms with Crippen molar-refractivity contribution < 1.29 is 18.9 Å². The fourth-order valence-electron chi connectivity index (χ4n) is 6.25. The molecule has 0 atom stereocenters. The molecule has 0 radical (unpaired) electrons. The Kier molecular flexibility index (Phi) is 17.5. The summed E-state index contributed by atoms with van der Waals surface area (Å²) in [4.78, 5) is 0. The molecule has 10 heteroatoms. The average molecular weight is 882 g/mol. The molecule has 0 saturated heterocycles. The van der Waals surface area contributed by atoms with Gasteiger partial charge in [0.1, 0.15) is 5.75 Å². The van der Waals surface area contributed by atoms with Gasteiger partial charge in [-0.3, -0.25) is 0 Å². The summed E-state index contributed by atoms with van der Waals surface area (Å²) in [5.41, 5.74) is 4.13. The highest BCUT2D eigenvalue weighted by Crippen LogP contribution is 2.45. The monoisotopic (exact) mass is 878 g/mol. The van der Waals surface area contributed by atoms with Gasteiger partial charge in [0.05, 0.1) is 56.6 Å². The van der Waals surface area contributed by atoms with Crippen LogP contribution in [0.25, 0.3) is 0 Å². The molecule has 0 aliphatic carbocycles. The van der Waals surface area contributed by atoms with Crippen LogP contribution in [0.2, 0.25) is 30.1 Å². The predicted molar refractivity (Wildman–Crippen MR) is 240 cm³/mol. The maximum atomic E-state index is 6.74. The molecule has 0 saturated carbocycles. The van der Waals surface area contributed by atoms with Crippen molar-refractivity contribution in [1.29, 1.82) is 0 Å². The molecule has 4 aromatic carbocycles. The number of allylic oxidation sites excluding steroid dienone is 2. The van der Waals surface area contributed by atoms with Crippen molar-refractivity contribution in [2.45, 2.75) is 90.4 Å². The molecule has 4 nitrogen and oxygen atoms in total. The molecule has 0 bridgehead atoms. The number of benzene rings is 4. The van der Waals surface area contributed by atoms with Crippen LogP contribution in [0.5, 0.6) is 23.0 Å². The molecule has 0 fully saturated rings. The molecular formula is C46H52Cl6O4. The first-order valence-electron chi connectivity index (χ1n) is 18.9. The van der Waals surface area contributed by atoms with E-state index in [1.165, 1.54) is 0 Å². The van der Waals surface area contributed by atoms with E-state index in [9.17, 15) is 0 Å². The molecule has 0 heterocycles. The van der Waals surface area contributed by atoms with E-state index in [1.807, 2.05) is 54.6 Å². The lowest BCUT2D eigenvalue weighted by Crippen LogP contribution is -2.19. The minimum absolute atomic E-state index is 0.351. The molecule has 0 unspecified atom stereocenters. The first-order chi connectivity index (χ1) is 26.6. The third-order valence-corrected chi connectivity index (χ3v) is 11.6. The van der Waals surface area contributed by atoms with Crippen LogP contribution in [0.4, 0.5) is 0 Å². The van der Waals surface area contributed by atoms with E-state index in [1.54, 1.807) is 0 Å². The van der Waals surface area contributed by atoms with Gasteiger partial charge in [-0.15, -0.1) is 13.2 Å². The number of aryl methyl sites for hydroxylation is 1. The fourth-order valence-corrected chi connectivity index (χ4v) is 8.04. The van der Waals surface area contributed by atoms with Gasteiger partial charge in [0, 0.05) is 10.8 Å². The van der Waals surface area contributed by atoms with Gasteiger partial charge in [0.25, 0.3) is 0 Å². The van der Waals surface area contributed by atoms with E-state index >= 15 is 0 Å². The van der Waals surface area contributed by atoms with Gasteiger partial charge in [-0.1, -0.05) is 122 Å². The van der Waals surface area contributed by atoms with Crippen molar-refractivity contribution in [3.8, 4) is 23.0 Å². The molecular weight excluding hydrogens is 829 g/mol. The number of hydrogen-bond donors (Lipinski definition) is 0. The van der Waals surface area contributed by atoms with Crippen LogP contribution in [0.15, 0.2) is 79.9 Å². The highest BCUT2D eigenvalue weighted by molar-refractivity contribution is 6.38. The van der Waals surface area contributed by atoms with Crippen molar-refractivity contribution in [2.75, 3.05) is 26.4 Å². The van der Waals surface area contributed by atoms with Crippen molar-refractivity contribution in [1.82, 2.24) is 0 Å². The van der Waals surface area contributed by atoms with E-state index in [0.29, 0.717) is 73.8 Å². The van der Waals surface area contributed by atoms with Crippen LogP contribution in [0.3, 0.4) is 0 Å². The van der Waals surface area contributed by atoms with E-state index in [0.717, 1.165) is 78.5 Å². The standard InChI is InChI=1S/C46H52Cl6O4/c1-8-10-13-20-54-42-35(47)24-32(25-36(42)48)45(4,5)31-17-18-41(30(3)23-31)53-19-15-12-16-22-56-44-39(51)28-34(29-40(44)52)46(6,7)33-26-37(49)43(38(50)27-33)55-21-14-11-9-2/h8-9,17-18,23-29H,1-2,10-16,19-22H2,3-7H3. The lowest BCUT2D eigenvalue weighted by atomic mass is 9.77. The second-order valence-corrected chi connectivity index (χ2v) is 17.3. The van der Waals surface area contributed by atoms with Gasteiger partial charge in [-0.2, -0.15) is 0 Å². The fraction of sp³-hybridized carbons (Fsp3) is 0.391. The summed E-state index contributed by atoms with van der Waals surface area (Å²) in [7, 11) is 0. The molecule has 0 spiro atoms. The molecule has 0 aliphatic heterocycles. The Morgan fingerprint density at radius 1 is 0.464 bits per heavy atom. The van der Waals surface area contributed by atoms with Crippen molar-refractivity contribution in [2.24, 2.45) is 0 Å². The Hall–Kier alpha value is -2.70. The molecule has 0 N–H and O–H groups in total. The zero-order valence-electron chi connectivity index (χ0n) is 32.9. The minimum Gasteiger partial charge on any atom is -0.493 e. The van der Waals surface area contributed by atoms with Crippen LogP contribution in [-0.4, -0.2) is 26.4 Å². The molecule has 4 aromatic rings. The third kappa shape index (κ3) is 11.9. The zero-order valence-corrected chi connectivity index (χ0v) is 37.5. The second kappa shape index (κ2) is 21.3. The summed E-state index contributed by atoms with van der Waals surface area (Å²) >= 11 is 40.0. The van der Waals surface area contributed by atoms with E-state index in [2.05, 4.69) is 59.9 Å². The largest absolute Gasteiger partial charge is 0.493 e. The second-order valence-electron chi connectivity index (χ2n) is 14.9. The van der Waals surface area contributed by atoms with Gasteiger partial charge in [0.15, 0.2) is 17.2 Å². The number of unbranched alkanes of at least 4 members (excludes halogenated alkanes) is 4. The van der Waals surface area contributed by atoms with Crippen LogP contribution in [0, 0.1) is 6.92 Å². The number of ether oxygens (including phenoxy) is 4. The van der Waals surface area contributed by atoms with Crippen molar-refractivity contribution in [3.05, 3.63) is 138 Å². The maximum absolute atomic E-state index is 6.74. The summed E-state index contributed by atoms with van der Waals surface area (Å²) in [6, 6.07) is 17.7. The average Bonchev–Trinajstić information content (AvgIpc) is 3.14. The predicted octanol–water partition coefficient (Wildman–Crippen LogP) is 15.9. The minimum atomic E-state index is -0.509. The number of halogens is 6. The quantitative estimate of drug-likeness (QED) is 0.0582. The Morgan fingerprint density at radius 3 is 1.16 bits per heavy atom. The van der Waals surface area contributed by atoms with Crippen molar-refractivity contribution >= 4 is 69.6 Å². The van der Waals surface area contributed by atoms with E-state index in [4.69, 9.17) is 88.6 Å². The molecule has 0 aliphatic rings. The van der Waals surface area contributed by atoms with Gasteiger partial charge in [0.2, 0.25) is 0 Å². The van der Waals surface area contributed by atoms with Gasteiger partial charge in [-0.05, 0) is 122 Å². The molecule has 56 heavy (non-hydrogen) atoms. The third-order valence-electron chi connectivity index (χ3n) is 9.95. The zero-order chi connectivity index (χ0) is 41.0. The van der Waals surface area contributed by atoms with Crippen LogP contribution in [-0.2, 0) is 10.8 Å². The molecule has 302 valence electrons. The van der Waals surface area contributed by atoms with Crippen LogP contribution < -0.4 is 18.9 Å². The Labute approximate surface area is 364 Å². The van der Waals surface area contributed by atoms with Crippen LogP contribution in [0.1, 0.15) is 100 Å². The highest BCUT2D eigenvalue weighted by atomic mass is 35.5. The Balaban J connectivity index is 1.27. The Bertz CT molecular complexity index is 1900. The number of rotatable bonds is 22. The topological polar surface area (TPSA) is 36.9 Å². The molecule has 0 amide bonds. The smallest absolute Gasteiger partial charge is 0.156 e. The van der Waals surface area contributed by atoms with Gasteiger partial charge >= 0.3 is 0 Å². The highest BCUT2D eigenvalue weighted by Gasteiger charge is 2.29. The lowest BCUT2D eigenvalue weighted by molar-refractivity contribution is 0.278. The number of hydrogen-bond acceptors (Lipinski definition) is 4. The summed E-state index contributed by atoms with van der Waals surface area (Å²) in [6.07, 6.45) is 9.73. The van der Waals surface area contributed by atoms with E-state index in [-0.39, 0.29) is 5.41 Å². The molecule has 0 aromatic heterocycles. The summed E-state index contributed by atoms with van der Waals surface area (Å²) in [6.45, 7) is 20.1. The van der Waals surface area contributed by atoms with Gasteiger partial charge < -0.3 is 18.9 Å². The van der Waals surface area contributed by atoms with Crippen molar-refractivity contribution in [3.63, 3.8) is 0 Å². The maximum Gasteiger partial charge on any atom is 0.156 e.